The first-order valence-electron chi connectivity index (χ1n) is 8.30. The first-order chi connectivity index (χ1) is 12.4. The van der Waals surface area contributed by atoms with E-state index in [-0.39, 0.29) is 11.3 Å². The topological polar surface area (TPSA) is 101 Å². The number of non-ortho nitro benzene ring substituents is 1. The molecule has 2 aromatic carbocycles. The van der Waals surface area contributed by atoms with Crippen molar-refractivity contribution >= 4 is 23.1 Å². The van der Waals surface area contributed by atoms with E-state index in [4.69, 9.17) is 0 Å². The van der Waals surface area contributed by atoms with Gasteiger partial charge in [-0.3, -0.25) is 19.7 Å². The Kier molecular flexibility index (Phi) is 4.56. The predicted molar refractivity (Wildman–Crippen MR) is 95.0 cm³/mol. The summed E-state index contributed by atoms with van der Waals surface area (Å²) in [7, 11) is 0. The van der Waals surface area contributed by atoms with Gasteiger partial charge in [-0.05, 0) is 24.6 Å². The summed E-state index contributed by atoms with van der Waals surface area (Å²) in [4.78, 5) is 37.1. The number of fused-ring (bicyclic) bond motifs is 1. The van der Waals surface area contributed by atoms with Gasteiger partial charge in [0.05, 0.1) is 17.0 Å². The van der Waals surface area contributed by atoms with E-state index in [0.29, 0.717) is 24.2 Å². The number of Topliss-reactive ketones (excluding diaryl/α,β-unsaturated/α-hetero) is 1. The second kappa shape index (κ2) is 6.68. The van der Waals surface area contributed by atoms with Gasteiger partial charge in [0.25, 0.3) is 11.6 Å². The van der Waals surface area contributed by atoms with E-state index >= 15 is 0 Å². The highest BCUT2D eigenvalue weighted by atomic mass is 16.6. The molecule has 0 spiro atoms. The maximum Gasteiger partial charge on any atom is 0.269 e. The fraction of sp³-hybridized carbons (Fsp3) is 0.263. The lowest BCUT2D eigenvalue weighted by atomic mass is 9.88. The molecule has 7 nitrogen and oxygen atoms in total. The number of rotatable bonds is 6. The molecule has 1 amide bonds. The fourth-order valence-electron chi connectivity index (χ4n) is 3.23. The first kappa shape index (κ1) is 17.8. The zero-order valence-corrected chi connectivity index (χ0v) is 14.2. The molecule has 0 saturated carbocycles. The monoisotopic (exact) mass is 354 g/mol. The van der Waals surface area contributed by atoms with Gasteiger partial charge < -0.3 is 10.0 Å². The Morgan fingerprint density at radius 2 is 1.85 bits per heavy atom. The van der Waals surface area contributed by atoms with Crippen molar-refractivity contribution in [3.8, 4) is 0 Å². The molecule has 2 aromatic rings. The lowest BCUT2D eigenvalue weighted by molar-refractivity contribution is -0.384. The highest BCUT2D eigenvalue weighted by molar-refractivity contribution is 6.10. The van der Waals surface area contributed by atoms with E-state index < -0.39 is 28.6 Å². The van der Waals surface area contributed by atoms with Gasteiger partial charge in [-0.15, -0.1) is 0 Å². The minimum Gasteiger partial charge on any atom is -0.375 e. The normalized spacial score (nSPS) is 18.7. The Balaban J connectivity index is 1.91. The fourth-order valence-corrected chi connectivity index (χ4v) is 3.23. The number of amides is 1. The Labute approximate surface area is 150 Å². The smallest absolute Gasteiger partial charge is 0.269 e. The molecule has 7 heteroatoms. The summed E-state index contributed by atoms with van der Waals surface area (Å²) >= 11 is 0. The number of aliphatic hydroxyl groups is 1. The Morgan fingerprint density at radius 3 is 2.46 bits per heavy atom. The number of hydrogen-bond acceptors (Lipinski definition) is 5. The van der Waals surface area contributed by atoms with Crippen molar-refractivity contribution in [1.29, 1.82) is 0 Å². The number of para-hydroxylation sites is 1. The van der Waals surface area contributed by atoms with E-state index in [9.17, 15) is 24.8 Å². The molecule has 1 heterocycles. The van der Waals surface area contributed by atoms with Crippen molar-refractivity contribution in [3.05, 3.63) is 69.8 Å². The molecule has 1 atom stereocenters. The van der Waals surface area contributed by atoms with E-state index in [1.54, 1.807) is 24.3 Å². The van der Waals surface area contributed by atoms with Crippen molar-refractivity contribution in [2.75, 3.05) is 11.4 Å². The summed E-state index contributed by atoms with van der Waals surface area (Å²) in [5.74, 6) is -0.972. The van der Waals surface area contributed by atoms with Gasteiger partial charge in [0, 0.05) is 29.8 Å². The van der Waals surface area contributed by atoms with E-state index in [0.717, 1.165) is 0 Å². The summed E-state index contributed by atoms with van der Waals surface area (Å²) in [5.41, 5.74) is -0.822. The van der Waals surface area contributed by atoms with Crippen molar-refractivity contribution in [3.63, 3.8) is 0 Å². The number of anilines is 1. The molecular weight excluding hydrogens is 336 g/mol. The maximum atomic E-state index is 12.8. The largest absolute Gasteiger partial charge is 0.375 e. The zero-order valence-electron chi connectivity index (χ0n) is 14.2. The van der Waals surface area contributed by atoms with E-state index in [1.165, 1.54) is 29.2 Å². The summed E-state index contributed by atoms with van der Waals surface area (Å²) in [6.45, 7) is 2.37. The Bertz CT molecular complexity index is 878. The molecule has 1 aliphatic rings. The van der Waals surface area contributed by atoms with Crippen LogP contribution in [0.2, 0.25) is 0 Å². The summed E-state index contributed by atoms with van der Waals surface area (Å²) in [6.07, 6.45) is 0.299. The standard InChI is InChI=1S/C19H18N2O5/c1-2-11-20-16-6-4-3-5-15(16)19(24,18(20)23)12-17(22)13-7-9-14(10-8-13)21(25)26/h3-10,24H,2,11-12H2,1H3. The molecule has 0 bridgehead atoms. The van der Waals surface area contributed by atoms with Crippen LogP contribution in [0.25, 0.3) is 0 Å². The van der Waals surface area contributed by atoms with Gasteiger partial charge in [-0.2, -0.15) is 0 Å². The number of hydrogen-bond donors (Lipinski definition) is 1. The first-order valence-corrected chi connectivity index (χ1v) is 8.30. The van der Waals surface area contributed by atoms with Gasteiger partial charge in [-0.25, -0.2) is 0 Å². The van der Waals surface area contributed by atoms with Gasteiger partial charge in [0.1, 0.15) is 0 Å². The molecule has 134 valence electrons. The molecule has 0 radical (unpaired) electrons. The molecule has 26 heavy (non-hydrogen) atoms. The van der Waals surface area contributed by atoms with Crippen LogP contribution in [0, 0.1) is 10.1 Å². The van der Waals surface area contributed by atoms with Crippen LogP contribution in [-0.4, -0.2) is 28.3 Å². The molecule has 1 unspecified atom stereocenters. The second-order valence-electron chi connectivity index (χ2n) is 6.24. The van der Waals surface area contributed by atoms with Gasteiger partial charge in [0.2, 0.25) is 0 Å². The number of nitro benzene ring substituents is 1. The lowest BCUT2D eigenvalue weighted by Gasteiger charge is -2.22. The number of benzene rings is 2. The van der Waals surface area contributed by atoms with Crippen LogP contribution in [0.5, 0.6) is 0 Å². The Morgan fingerprint density at radius 1 is 1.19 bits per heavy atom. The average molecular weight is 354 g/mol. The highest BCUT2D eigenvalue weighted by Crippen LogP contribution is 2.42. The Hall–Kier alpha value is -3.06. The summed E-state index contributed by atoms with van der Waals surface area (Å²) in [6, 6.07) is 12.0. The van der Waals surface area contributed by atoms with Crippen LogP contribution >= 0.6 is 0 Å². The number of nitrogens with zero attached hydrogens (tertiary/aromatic N) is 2. The minimum absolute atomic E-state index is 0.128. The molecular formula is C19H18N2O5. The van der Waals surface area contributed by atoms with Crippen molar-refractivity contribution < 1.29 is 19.6 Å². The quantitative estimate of drug-likeness (QED) is 0.488. The van der Waals surface area contributed by atoms with E-state index in [2.05, 4.69) is 0 Å². The SMILES string of the molecule is CCCN1C(=O)C(O)(CC(=O)c2ccc([N+](=O)[O-])cc2)c2ccccc21. The number of carbonyl (C=O) groups excluding carboxylic acids is 2. The second-order valence-corrected chi connectivity index (χ2v) is 6.24. The minimum atomic E-state index is -1.93. The summed E-state index contributed by atoms with van der Waals surface area (Å²) in [5, 5.41) is 21.8. The maximum absolute atomic E-state index is 12.8. The molecule has 0 saturated heterocycles. The van der Waals surface area contributed by atoms with Crippen LogP contribution in [0.4, 0.5) is 11.4 Å². The van der Waals surface area contributed by atoms with Gasteiger partial charge >= 0.3 is 0 Å². The third-order valence-electron chi connectivity index (χ3n) is 4.50. The van der Waals surface area contributed by atoms with Crippen molar-refractivity contribution in [2.45, 2.75) is 25.4 Å². The number of carbonyl (C=O) groups is 2. The van der Waals surface area contributed by atoms with Crippen LogP contribution in [0.3, 0.4) is 0 Å². The number of nitro groups is 1. The van der Waals surface area contributed by atoms with Crippen LogP contribution in [-0.2, 0) is 10.4 Å². The van der Waals surface area contributed by atoms with Crippen molar-refractivity contribution in [2.24, 2.45) is 0 Å². The molecule has 0 fully saturated rings. The van der Waals surface area contributed by atoms with Crippen molar-refractivity contribution in [1.82, 2.24) is 0 Å². The van der Waals surface area contributed by atoms with Gasteiger partial charge in [-0.1, -0.05) is 25.1 Å². The summed E-state index contributed by atoms with van der Waals surface area (Å²) < 4.78 is 0. The van der Waals surface area contributed by atoms with Crippen LogP contribution < -0.4 is 4.90 Å². The number of ketones is 1. The predicted octanol–water partition coefficient (Wildman–Crippen LogP) is 2.81. The molecule has 1 N–H and O–H groups in total. The third kappa shape index (κ3) is 2.86. The zero-order chi connectivity index (χ0) is 18.9. The molecule has 1 aliphatic heterocycles. The van der Waals surface area contributed by atoms with Gasteiger partial charge in [0.15, 0.2) is 11.4 Å². The molecule has 3 rings (SSSR count). The molecule has 0 aromatic heterocycles. The van der Waals surface area contributed by atoms with Crippen LogP contribution in [0.1, 0.15) is 35.7 Å². The third-order valence-corrected chi connectivity index (χ3v) is 4.50. The lowest BCUT2D eigenvalue weighted by Crippen LogP contribution is -2.42. The van der Waals surface area contributed by atoms with E-state index in [1.807, 2.05) is 6.92 Å². The van der Waals surface area contributed by atoms with Crippen LogP contribution in [0.15, 0.2) is 48.5 Å². The molecule has 0 aliphatic carbocycles. The highest BCUT2D eigenvalue weighted by Gasteiger charge is 2.50. The average Bonchev–Trinajstić information content (AvgIpc) is 2.84.